The van der Waals surface area contributed by atoms with E-state index in [1.807, 2.05) is 0 Å². The number of hydrogen-bond donors (Lipinski definition) is 12. The summed E-state index contributed by atoms with van der Waals surface area (Å²) in [6, 6.07) is -6.58. The summed E-state index contributed by atoms with van der Waals surface area (Å²) in [6.07, 6.45) is -4.17. The number of phenols is 1. The Hall–Kier alpha value is -6.26. The van der Waals surface area contributed by atoms with Gasteiger partial charge in [-0.2, -0.15) is 0 Å². The number of carboxylic acid groups (broad SMARTS) is 2. The second kappa shape index (κ2) is 22.2. The molecule has 2 heterocycles. The Kier molecular flexibility index (Phi) is 17.8. The lowest BCUT2D eigenvalue weighted by Gasteiger charge is -2.27. The molecule has 8 amide bonds. The lowest BCUT2D eigenvalue weighted by molar-refractivity contribution is -0.385. The standard InChI is InChI=1S/C32H42N10O16S2/c33-15-11-59-60-12-19(27(34)51)40-31(55)18(7-26(49)50)39-32(56)21-5-14(43)10-41(21)24(46)9-36-29(53)16(3-13-1-2-22(44)20(4-13)42(57)58)37-23(45)8-35-30(54)17(6-25(47)48)38-28(15)52/h1-2,4,14-19,21,43-44H,3,5-12,33H2,(H2,34,51)(H,35,54)(H,36,53)(H,37,45)(H,38,52)(H,39,56)(H,40,55)(H,47,48)(H,49,50)/t14-,15-,16+,17-,18+,19-,21+/m1/s1. The van der Waals surface area contributed by atoms with E-state index in [-0.39, 0.29) is 23.5 Å². The molecule has 0 spiro atoms. The molecular formula is C32H42N10O16S2. The number of fused-ring (bicyclic) bond motifs is 1. The zero-order valence-corrected chi connectivity index (χ0v) is 32.8. The number of nitrogens with zero attached hydrogens (tertiary/aromatic N) is 2. The number of rotatable bonds is 8. The summed E-state index contributed by atoms with van der Waals surface area (Å²) >= 11 is 0. The van der Waals surface area contributed by atoms with E-state index in [9.17, 15) is 78.5 Å². The van der Waals surface area contributed by atoms with Crippen molar-refractivity contribution in [3.05, 3.63) is 33.9 Å². The van der Waals surface area contributed by atoms with Gasteiger partial charge in [0.1, 0.15) is 30.2 Å². The number of hydrogen-bond acceptors (Lipinski definition) is 17. The van der Waals surface area contributed by atoms with Gasteiger partial charge >= 0.3 is 17.6 Å². The number of aliphatic hydroxyl groups excluding tert-OH is 1. The number of carbonyl (C=O) groups excluding carboxylic acids is 8. The molecule has 26 nitrogen and oxygen atoms in total. The molecule has 28 heteroatoms. The van der Waals surface area contributed by atoms with Crippen LogP contribution in [0.1, 0.15) is 24.8 Å². The monoisotopic (exact) mass is 886 g/mol. The van der Waals surface area contributed by atoms with E-state index >= 15 is 0 Å². The zero-order valence-electron chi connectivity index (χ0n) is 31.2. The van der Waals surface area contributed by atoms with Crippen LogP contribution in [-0.2, 0) is 54.4 Å². The number of primary amides is 1. The molecule has 0 aliphatic carbocycles. The molecule has 328 valence electrons. The molecule has 3 rings (SSSR count). The smallest absolute Gasteiger partial charge is 0.310 e. The lowest BCUT2D eigenvalue weighted by Crippen LogP contribution is -2.57. The van der Waals surface area contributed by atoms with Crippen molar-refractivity contribution in [1.82, 2.24) is 36.8 Å². The Bertz CT molecular complexity index is 1890. The first-order valence-electron chi connectivity index (χ1n) is 17.6. The molecule has 0 bridgehead atoms. The Balaban J connectivity index is 1.96. The second-order valence-electron chi connectivity index (χ2n) is 13.2. The van der Waals surface area contributed by atoms with Crippen molar-refractivity contribution in [2.45, 2.75) is 68.0 Å². The van der Waals surface area contributed by atoms with Crippen LogP contribution in [0.5, 0.6) is 5.75 Å². The van der Waals surface area contributed by atoms with Crippen LogP contribution in [0.2, 0.25) is 0 Å². The van der Waals surface area contributed by atoms with E-state index in [4.69, 9.17) is 11.5 Å². The van der Waals surface area contributed by atoms with Gasteiger partial charge in [0.25, 0.3) is 0 Å². The molecule has 2 fully saturated rings. The minimum atomic E-state index is -1.84. The number of aromatic hydroxyl groups is 1. The molecule has 7 atom stereocenters. The maximum atomic E-state index is 13.5. The van der Waals surface area contributed by atoms with Crippen molar-refractivity contribution < 1.29 is 73.3 Å². The molecule has 2 aliphatic heterocycles. The summed E-state index contributed by atoms with van der Waals surface area (Å²) in [7, 11) is 1.77. The van der Waals surface area contributed by atoms with Crippen molar-refractivity contribution in [2.75, 3.05) is 31.1 Å². The highest BCUT2D eigenvalue weighted by atomic mass is 33.1. The minimum absolute atomic E-state index is 0.0219. The normalized spacial score (nSPS) is 25.9. The Morgan fingerprint density at radius 1 is 0.817 bits per heavy atom. The second-order valence-corrected chi connectivity index (χ2v) is 15.8. The SMILES string of the molecule is NC(=O)[C@H]1CSSC[C@@H](N)C(=O)N[C@H](CC(=O)O)C(=O)NCC(=O)N[C@@H](Cc2ccc(O)c([N+](=O)[O-])c2)C(=O)NCC(=O)N2C[C@H](O)C[C@H]2C(=O)N[C@@H](CC(=O)O)C(=O)N1. The summed E-state index contributed by atoms with van der Waals surface area (Å²) < 4.78 is 0. The molecule has 14 N–H and O–H groups in total. The Morgan fingerprint density at radius 3 is 2.02 bits per heavy atom. The highest BCUT2D eigenvalue weighted by Crippen LogP contribution is 2.27. The largest absolute Gasteiger partial charge is 0.502 e. The van der Waals surface area contributed by atoms with Crippen LogP contribution in [-0.4, -0.2) is 163 Å². The molecule has 1 aromatic carbocycles. The predicted molar refractivity (Wildman–Crippen MR) is 205 cm³/mol. The third-order valence-electron chi connectivity index (χ3n) is 8.65. The summed E-state index contributed by atoms with van der Waals surface area (Å²) in [5.41, 5.74) is 10.6. The third-order valence-corrected chi connectivity index (χ3v) is 11.1. The van der Waals surface area contributed by atoms with Crippen LogP contribution in [0.25, 0.3) is 0 Å². The fraction of sp³-hybridized carbons (Fsp3) is 0.500. The zero-order chi connectivity index (χ0) is 44.8. The lowest BCUT2D eigenvalue weighted by atomic mass is 10.0. The molecule has 2 saturated heterocycles. The van der Waals surface area contributed by atoms with E-state index in [0.717, 1.165) is 38.6 Å². The van der Waals surface area contributed by atoms with Crippen molar-refractivity contribution in [1.29, 1.82) is 0 Å². The summed E-state index contributed by atoms with van der Waals surface area (Å²) in [4.78, 5) is 139. The molecule has 0 unspecified atom stereocenters. The van der Waals surface area contributed by atoms with Gasteiger partial charge in [0.05, 0.1) is 43.0 Å². The molecule has 60 heavy (non-hydrogen) atoms. The topological polar surface area (TPSA) is 422 Å². The van der Waals surface area contributed by atoms with Crippen LogP contribution < -0.4 is 43.4 Å². The number of aliphatic hydroxyl groups is 1. The minimum Gasteiger partial charge on any atom is -0.502 e. The number of amides is 8. The first-order valence-corrected chi connectivity index (χ1v) is 20.1. The molecular weight excluding hydrogens is 845 g/mol. The van der Waals surface area contributed by atoms with Gasteiger partial charge in [-0.15, -0.1) is 0 Å². The fourth-order valence-electron chi connectivity index (χ4n) is 5.64. The van der Waals surface area contributed by atoms with Crippen molar-refractivity contribution in [3.63, 3.8) is 0 Å². The van der Waals surface area contributed by atoms with E-state index in [1.54, 1.807) is 0 Å². The molecule has 2 aliphatic rings. The van der Waals surface area contributed by atoms with Crippen LogP contribution in [0.3, 0.4) is 0 Å². The number of phenolic OH excluding ortho intramolecular Hbond substituents is 1. The number of nitrogens with one attached hydrogen (secondary N) is 6. The number of nitro benzene ring substituents is 1. The number of carboxylic acids is 2. The van der Waals surface area contributed by atoms with Crippen molar-refractivity contribution >= 4 is 86.5 Å². The van der Waals surface area contributed by atoms with E-state index in [2.05, 4.69) is 31.9 Å². The van der Waals surface area contributed by atoms with E-state index in [0.29, 0.717) is 0 Å². The average Bonchev–Trinajstić information content (AvgIpc) is 3.57. The van der Waals surface area contributed by atoms with Crippen LogP contribution in [0.4, 0.5) is 5.69 Å². The highest BCUT2D eigenvalue weighted by molar-refractivity contribution is 8.76. The van der Waals surface area contributed by atoms with Gasteiger partial charge in [0, 0.05) is 37.0 Å². The molecule has 0 aromatic heterocycles. The van der Waals surface area contributed by atoms with Gasteiger partial charge in [0.2, 0.25) is 47.3 Å². The number of benzene rings is 1. The summed E-state index contributed by atoms with van der Waals surface area (Å²) in [6.45, 7) is -2.25. The first-order chi connectivity index (χ1) is 28.2. The molecule has 0 saturated carbocycles. The molecule has 1 aromatic rings. The van der Waals surface area contributed by atoms with E-state index < -0.39 is 157 Å². The van der Waals surface area contributed by atoms with Gasteiger partial charge in [-0.05, 0) is 11.6 Å². The summed E-state index contributed by atoms with van der Waals surface area (Å²) in [5, 5.41) is 63.7. The quantitative estimate of drug-likeness (QED) is 0.0657. The van der Waals surface area contributed by atoms with Crippen LogP contribution >= 0.6 is 21.6 Å². The Morgan fingerprint density at radius 2 is 1.40 bits per heavy atom. The first kappa shape index (κ1) is 48.1. The van der Waals surface area contributed by atoms with Gasteiger partial charge in [0.15, 0.2) is 5.75 Å². The summed E-state index contributed by atoms with van der Waals surface area (Å²) in [5.74, 6) is -13.0. The van der Waals surface area contributed by atoms with E-state index in [1.165, 1.54) is 6.07 Å². The number of aliphatic carboxylic acids is 2. The average molecular weight is 887 g/mol. The number of nitro groups is 1. The van der Waals surface area contributed by atoms with Crippen molar-refractivity contribution in [3.8, 4) is 5.75 Å². The maximum absolute atomic E-state index is 13.5. The molecule has 0 radical (unpaired) electrons. The maximum Gasteiger partial charge on any atom is 0.310 e. The van der Waals surface area contributed by atoms with Crippen LogP contribution in [0.15, 0.2) is 18.2 Å². The third kappa shape index (κ3) is 14.5. The fourth-order valence-corrected chi connectivity index (χ4v) is 7.94. The number of nitrogens with two attached hydrogens (primary N) is 2. The van der Waals surface area contributed by atoms with Gasteiger partial charge in [-0.1, -0.05) is 27.7 Å². The predicted octanol–water partition coefficient (Wildman–Crippen LogP) is -5.87. The van der Waals surface area contributed by atoms with Gasteiger partial charge < -0.3 is 68.7 Å². The van der Waals surface area contributed by atoms with Crippen molar-refractivity contribution in [2.24, 2.45) is 11.5 Å². The van der Waals surface area contributed by atoms with Gasteiger partial charge in [-0.25, -0.2) is 0 Å². The Labute approximate surface area is 346 Å². The van der Waals surface area contributed by atoms with Gasteiger partial charge in [-0.3, -0.25) is 58.1 Å². The van der Waals surface area contributed by atoms with Crippen LogP contribution in [0, 0.1) is 10.1 Å². The number of carbonyl (C=O) groups is 10. The highest BCUT2D eigenvalue weighted by Gasteiger charge is 2.41.